The predicted molar refractivity (Wildman–Crippen MR) is 68.1 cm³/mol. The second-order valence-electron chi connectivity index (χ2n) is 5.06. The van der Waals surface area contributed by atoms with Crippen LogP contribution in [0.1, 0.15) is 23.2 Å². The second-order valence-corrected chi connectivity index (χ2v) is 5.06. The third kappa shape index (κ3) is 1.16. The first kappa shape index (κ1) is 10.1. The summed E-state index contributed by atoms with van der Waals surface area (Å²) < 4.78 is 8.38. The average molecular weight is 241 g/mol. The van der Waals surface area contributed by atoms with Crippen molar-refractivity contribution >= 4 is 5.69 Å². The molecule has 4 rings (SSSR count). The van der Waals surface area contributed by atoms with E-state index in [1.54, 1.807) is 0 Å². The summed E-state index contributed by atoms with van der Waals surface area (Å²) in [5.74, 6) is 0. The number of imidazole rings is 1. The Morgan fingerprint density at radius 2 is 2.33 bits per heavy atom. The van der Waals surface area contributed by atoms with Gasteiger partial charge >= 0.3 is 0 Å². The topological polar surface area (TPSA) is 53.1 Å². The van der Waals surface area contributed by atoms with Gasteiger partial charge in [-0.3, -0.25) is 0 Å². The lowest BCUT2D eigenvalue weighted by Gasteiger charge is -2.35. The van der Waals surface area contributed by atoms with E-state index in [4.69, 9.17) is 10.5 Å². The second kappa shape index (κ2) is 3.36. The van der Waals surface area contributed by atoms with Gasteiger partial charge in [0.1, 0.15) is 5.60 Å². The Balaban J connectivity index is 1.95. The molecule has 1 aromatic carbocycles. The number of ether oxygens (including phenoxy) is 1. The maximum absolute atomic E-state index is 6.18. The summed E-state index contributed by atoms with van der Waals surface area (Å²) in [4.78, 5) is 4.27. The Morgan fingerprint density at radius 3 is 3.28 bits per heavy atom. The molecule has 92 valence electrons. The first-order valence-corrected chi connectivity index (χ1v) is 6.33. The number of nitrogens with two attached hydrogens (primary N) is 1. The van der Waals surface area contributed by atoms with Crippen LogP contribution in [0.2, 0.25) is 0 Å². The van der Waals surface area contributed by atoms with E-state index in [0.29, 0.717) is 0 Å². The number of anilines is 1. The summed E-state index contributed by atoms with van der Waals surface area (Å²) in [5.41, 5.74) is 10.2. The lowest BCUT2D eigenvalue weighted by atomic mass is 9.91. The van der Waals surface area contributed by atoms with E-state index in [2.05, 4.69) is 21.7 Å². The molecule has 0 saturated heterocycles. The normalized spacial score (nSPS) is 25.1. The third-order valence-corrected chi connectivity index (χ3v) is 4.12. The summed E-state index contributed by atoms with van der Waals surface area (Å²) in [5, 5.41) is 0. The molecule has 1 aromatic heterocycles. The molecule has 2 heterocycles. The zero-order valence-corrected chi connectivity index (χ0v) is 10.1. The Morgan fingerprint density at radius 1 is 1.39 bits per heavy atom. The molecule has 2 aliphatic rings. The molecular weight excluding hydrogens is 226 g/mol. The number of benzene rings is 1. The molecule has 4 heteroatoms. The minimum Gasteiger partial charge on any atom is -0.399 e. The lowest BCUT2D eigenvalue weighted by Crippen LogP contribution is -2.37. The Hall–Kier alpha value is -1.81. The molecule has 0 fully saturated rings. The number of hydrogen-bond donors (Lipinski definition) is 1. The lowest BCUT2D eigenvalue weighted by molar-refractivity contribution is -0.0457. The molecule has 1 spiro atoms. The number of nitrogens with zero attached hydrogens (tertiary/aromatic N) is 2. The first-order valence-electron chi connectivity index (χ1n) is 6.33. The van der Waals surface area contributed by atoms with Crippen molar-refractivity contribution in [1.29, 1.82) is 0 Å². The number of fused-ring (bicyclic) bond motifs is 4. The zero-order chi connectivity index (χ0) is 12.2. The zero-order valence-electron chi connectivity index (χ0n) is 10.1. The minimum absolute atomic E-state index is 0.294. The highest BCUT2D eigenvalue weighted by Crippen LogP contribution is 2.46. The van der Waals surface area contributed by atoms with Gasteiger partial charge in [-0.15, -0.1) is 0 Å². The molecular formula is C14H15N3O. The van der Waals surface area contributed by atoms with Gasteiger partial charge in [-0.25, -0.2) is 4.98 Å². The number of nitrogen functional groups attached to an aromatic ring is 1. The minimum atomic E-state index is -0.294. The highest BCUT2D eigenvalue weighted by Gasteiger charge is 2.45. The molecule has 0 saturated carbocycles. The SMILES string of the molecule is Nc1ccc2c(c1)CCC21OCCn2cncc21. The van der Waals surface area contributed by atoms with Gasteiger partial charge in [0.25, 0.3) is 0 Å². The van der Waals surface area contributed by atoms with Gasteiger partial charge in [0.05, 0.1) is 24.8 Å². The van der Waals surface area contributed by atoms with Crippen molar-refractivity contribution in [1.82, 2.24) is 9.55 Å². The van der Waals surface area contributed by atoms with Gasteiger partial charge in [0, 0.05) is 12.2 Å². The van der Waals surface area contributed by atoms with Crippen LogP contribution in [0.3, 0.4) is 0 Å². The van der Waals surface area contributed by atoms with Crippen LogP contribution in [-0.2, 0) is 23.3 Å². The van der Waals surface area contributed by atoms with Gasteiger partial charge in [-0.2, -0.15) is 0 Å². The largest absolute Gasteiger partial charge is 0.399 e. The number of hydrogen-bond acceptors (Lipinski definition) is 3. The Bertz CT molecular complexity index is 619. The molecule has 4 nitrogen and oxygen atoms in total. The van der Waals surface area contributed by atoms with Crippen LogP contribution in [0.15, 0.2) is 30.7 Å². The maximum Gasteiger partial charge on any atom is 0.135 e. The summed E-state index contributed by atoms with van der Waals surface area (Å²) in [6.45, 7) is 1.63. The smallest absolute Gasteiger partial charge is 0.135 e. The average Bonchev–Trinajstić information content (AvgIpc) is 2.96. The van der Waals surface area contributed by atoms with E-state index >= 15 is 0 Å². The first-order chi connectivity index (χ1) is 8.79. The van der Waals surface area contributed by atoms with E-state index in [1.165, 1.54) is 16.8 Å². The quantitative estimate of drug-likeness (QED) is 0.714. The molecule has 1 unspecified atom stereocenters. The van der Waals surface area contributed by atoms with Crippen LogP contribution in [-0.4, -0.2) is 16.2 Å². The van der Waals surface area contributed by atoms with Crippen molar-refractivity contribution in [3.63, 3.8) is 0 Å². The van der Waals surface area contributed by atoms with Crippen molar-refractivity contribution in [3.8, 4) is 0 Å². The maximum atomic E-state index is 6.18. The molecule has 1 aliphatic carbocycles. The van der Waals surface area contributed by atoms with Crippen LogP contribution in [0, 0.1) is 0 Å². The number of aryl methyl sites for hydroxylation is 1. The van der Waals surface area contributed by atoms with Crippen molar-refractivity contribution in [2.75, 3.05) is 12.3 Å². The highest BCUT2D eigenvalue weighted by molar-refractivity contribution is 5.51. The van der Waals surface area contributed by atoms with Gasteiger partial charge in [-0.1, -0.05) is 6.07 Å². The fourth-order valence-electron chi connectivity index (χ4n) is 3.30. The molecule has 1 aliphatic heterocycles. The molecule has 1 atom stereocenters. The van der Waals surface area contributed by atoms with Gasteiger partial charge in [-0.05, 0) is 36.1 Å². The van der Waals surface area contributed by atoms with Gasteiger partial charge in [0.2, 0.25) is 0 Å². The van der Waals surface area contributed by atoms with Crippen molar-refractivity contribution < 1.29 is 4.74 Å². The number of aromatic nitrogens is 2. The van der Waals surface area contributed by atoms with Crippen molar-refractivity contribution in [2.24, 2.45) is 0 Å². The van der Waals surface area contributed by atoms with Gasteiger partial charge < -0.3 is 15.0 Å². The van der Waals surface area contributed by atoms with Crippen LogP contribution in [0.5, 0.6) is 0 Å². The molecule has 2 N–H and O–H groups in total. The van der Waals surface area contributed by atoms with E-state index in [0.717, 1.165) is 31.7 Å². The summed E-state index contributed by atoms with van der Waals surface area (Å²) in [6.07, 6.45) is 5.84. The predicted octanol–water partition coefficient (Wildman–Crippen LogP) is 1.69. The number of rotatable bonds is 0. The van der Waals surface area contributed by atoms with E-state index in [-0.39, 0.29) is 5.60 Å². The molecule has 0 radical (unpaired) electrons. The third-order valence-electron chi connectivity index (χ3n) is 4.12. The van der Waals surface area contributed by atoms with Crippen molar-refractivity contribution in [3.05, 3.63) is 47.5 Å². The van der Waals surface area contributed by atoms with Crippen LogP contribution < -0.4 is 5.73 Å². The molecule has 0 bridgehead atoms. The fourth-order valence-corrected chi connectivity index (χ4v) is 3.30. The Labute approximate surface area is 105 Å². The summed E-state index contributed by atoms with van der Waals surface area (Å²) in [6, 6.07) is 6.15. The molecule has 0 amide bonds. The molecule has 2 aromatic rings. The highest BCUT2D eigenvalue weighted by atomic mass is 16.5. The Kier molecular flexibility index (Phi) is 1.89. The summed E-state index contributed by atoms with van der Waals surface area (Å²) in [7, 11) is 0. The fraction of sp³-hybridized carbons (Fsp3) is 0.357. The van der Waals surface area contributed by atoms with E-state index in [9.17, 15) is 0 Å². The van der Waals surface area contributed by atoms with E-state index < -0.39 is 0 Å². The van der Waals surface area contributed by atoms with Crippen LogP contribution >= 0.6 is 0 Å². The standard InChI is InChI=1S/C14H15N3O/c15-11-1-2-12-10(7-11)3-4-14(12)13-8-16-9-17(13)5-6-18-14/h1-2,7-9H,3-6,15H2. The van der Waals surface area contributed by atoms with E-state index in [1.807, 2.05) is 18.6 Å². The summed E-state index contributed by atoms with van der Waals surface area (Å²) >= 11 is 0. The van der Waals surface area contributed by atoms with Crippen molar-refractivity contribution in [2.45, 2.75) is 25.0 Å². The van der Waals surface area contributed by atoms with Crippen LogP contribution in [0.25, 0.3) is 0 Å². The van der Waals surface area contributed by atoms with Crippen LogP contribution in [0.4, 0.5) is 5.69 Å². The molecule has 18 heavy (non-hydrogen) atoms. The van der Waals surface area contributed by atoms with Gasteiger partial charge in [0.15, 0.2) is 0 Å². The monoisotopic (exact) mass is 241 g/mol.